The summed E-state index contributed by atoms with van der Waals surface area (Å²) in [6.45, 7) is 0. The van der Waals surface area contributed by atoms with E-state index < -0.39 is 4.87 Å². The molecule has 0 amide bonds. The molecule has 0 spiro atoms. The molecule has 5 rings (SSSR count). The molecule has 0 aliphatic heterocycles. The van der Waals surface area contributed by atoms with Crippen LogP contribution >= 0.6 is 11.6 Å². The second-order valence-corrected chi connectivity index (χ2v) is 8.14. The molecule has 0 saturated carbocycles. The van der Waals surface area contributed by atoms with E-state index in [1.807, 2.05) is 84.9 Å². The summed E-state index contributed by atoms with van der Waals surface area (Å²) < 4.78 is 0. The van der Waals surface area contributed by atoms with Gasteiger partial charge in [0.1, 0.15) is 4.87 Å². The Balaban J connectivity index is 1.57. The Morgan fingerprint density at radius 1 is 0.613 bits per heavy atom. The molecule has 150 valence electrons. The third-order valence-corrected chi connectivity index (χ3v) is 5.77. The number of rotatable bonds is 4. The minimum Gasteiger partial charge on any atom is -0.211 e. The fraction of sp³-hybridized carbons (Fsp3) is 0.0741. The number of benzene rings is 3. The number of nitrogens with zero attached hydrogens (tertiary/aromatic N) is 3. The molecule has 1 heterocycles. The first-order chi connectivity index (χ1) is 15.2. The Morgan fingerprint density at radius 3 is 1.55 bits per heavy atom. The molecule has 0 saturated heterocycles. The highest BCUT2D eigenvalue weighted by Crippen LogP contribution is 2.39. The van der Waals surface area contributed by atoms with Gasteiger partial charge in [0.05, 0.1) is 0 Å². The predicted octanol–water partition coefficient (Wildman–Crippen LogP) is 6.68. The van der Waals surface area contributed by atoms with Gasteiger partial charge in [-0.1, -0.05) is 109 Å². The zero-order valence-electron chi connectivity index (χ0n) is 16.8. The zero-order chi connectivity index (χ0) is 21.1. The predicted molar refractivity (Wildman–Crippen MR) is 126 cm³/mol. The maximum atomic E-state index is 7.09. The fourth-order valence-corrected chi connectivity index (χ4v) is 3.85. The summed E-state index contributed by atoms with van der Waals surface area (Å²) in [6, 6.07) is 30.2. The SMILES string of the molecule is Cl[C@]1(c2nc(-c3ccccc3)nc(-c3ccccc3)n2)C=CC(c2ccccc2)=CC1. The summed E-state index contributed by atoms with van der Waals surface area (Å²) in [4.78, 5) is 13.5. The van der Waals surface area contributed by atoms with Gasteiger partial charge in [-0.05, 0) is 17.6 Å². The minimum atomic E-state index is -0.825. The van der Waals surface area contributed by atoms with Gasteiger partial charge in [-0.25, -0.2) is 15.0 Å². The first kappa shape index (κ1) is 19.4. The molecule has 3 nitrogen and oxygen atoms in total. The standard InChI is InChI=1S/C27H20ClN3/c28-27(18-16-21(17-19-27)20-10-4-1-5-11-20)26-30-24(22-12-6-2-7-13-22)29-25(31-26)23-14-8-3-9-15-23/h1-18H,19H2/t27-/m1/s1. The van der Waals surface area contributed by atoms with E-state index in [9.17, 15) is 0 Å². The number of allylic oxidation sites excluding steroid dienone is 4. The summed E-state index contributed by atoms with van der Waals surface area (Å²) in [5.74, 6) is 1.80. The number of halogens is 1. The van der Waals surface area contributed by atoms with Crippen LogP contribution in [0, 0.1) is 0 Å². The maximum absolute atomic E-state index is 7.09. The zero-order valence-corrected chi connectivity index (χ0v) is 17.6. The summed E-state index contributed by atoms with van der Waals surface area (Å²) in [5.41, 5.74) is 4.19. The highest BCUT2D eigenvalue weighted by atomic mass is 35.5. The molecule has 4 aromatic rings. The Hall–Kier alpha value is -3.56. The van der Waals surface area contributed by atoms with Crippen molar-refractivity contribution in [3.8, 4) is 22.8 Å². The van der Waals surface area contributed by atoms with Gasteiger partial charge in [-0.2, -0.15) is 0 Å². The smallest absolute Gasteiger partial charge is 0.163 e. The van der Waals surface area contributed by atoms with Crippen molar-refractivity contribution in [2.75, 3.05) is 0 Å². The van der Waals surface area contributed by atoms with Crippen molar-refractivity contribution < 1.29 is 0 Å². The average molecular weight is 422 g/mol. The molecular formula is C27H20ClN3. The van der Waals surface area contributed by atoms with Gasteiger partial charge < -0.3 is 0 Å². The third kappa shape index (κ3) is 4.05. The highest BCUT2D eigenvalue weighted by molar-refractivity contribution is 6.25. The molecule has 31 heavy (non-hydrogen) atoms. The van der Waals surface area contributed by atoms with Crippen molar-refractivity contribution in [1.29, 1.82) is 0 Å². The van der Waals surface area contributed by atoms with Crippen LogP contribution < -0.4 is 0 Å². The Morgan fingerprint density at radius 2 is 1.10 bits per heavy atom. The highest BCUT2D eigenvalue weighted by Gasteiger charge is 2.32. The van der Waals surface area contributed by atoms with E-state index in [0.29, 0.717) is 23.9 Å². The maximum Gasteiger partial charge on any atom is 0.163 e. The Labute approximate surface area is 186 Å². The van der Waals surface area contributed by atoms with Crippen LogP contribution in [0.5, 0.6) is 0 Å². The summed E-state index contributed by atoms with van der Waals surface area (Å²) >= 11 is 7.09. The molecule has 1 aliphatic carbocycles. The molecule has 1 aromatic heterocycles. The lowest BCUT2D eigenvalue weighted by atomic mass is 9.91. The van der Waals surface area contributed by atoms with Gasteiger partial charge in [0.25, 0.3) is 0 Å². The summed E-state index contributed by atoms with van der Waals surface area (Å²) in [5, 5.41) is 0. The lowest BCUT2D eigenvalue weighted by molar-refractivity contribution is 0.694. The molecule has 0 fully saturated rings. The summed E-state index contributed by atoms with van der Waals surface area (Å²) in [6.07, 6.45) is 6.80. The number of hydrogen-bond donors (Lipinski definition) is 0. The van der Waals surface area contributed by atoms with Crippen LogP contribution in [0.3, 0.4) is 0 Å². The first-order valence-corrected chi connectivity index (χ1v) is 10.6. The van der Waals surface area contributed by atoms with Crippen LogP contribution in [0.2, 0.25) is 0 Å². The molecule has 0 radical (unpaired) electrons. The largest absolute Gasteiger partial charge is 0.211 e. The minimum absolute atomic E-state index is 0.557. The molecule has 0 N–H and O–H groups in total. The topological polar surface area (TPSA) is 38.7 Å². The molecule has 0 bridgehead atoms. The van der Waals surface area contributed by atoms with E-state index in [-0.39, 0.29) is 0 Å². The van der Waals surface area contributed by atoms with E-state index in [1.54, 1.807) is 0 Å². The quantitative estimate of drug-likeness (QED) is 0.345. The second kappa shape index (κ2) is 8.29. The van der Waals surface area contributed by atoms with Crippen molar-refractivity contribution in [2.24, 2.45) is 0 Å². The lowest BCUT2D eigenvalue weighted by Gasteiger charge is -2.25. The van der Waals surface area contributed by atoms with Crippen LogP contribution in [0.1, 0.15) is 17.8 Å². The average Bonchev–Trinajstić information content (AvgIpc) is 2.86. The van der Waals surface area contributed by atoms with Gasteiger partial charge in [0.15, 0.2) is 17.5 Å². The van der Waals surface area contributed by atoms with E-state index in [1.165, 1.54) is 5.56 Å². The Kier molecular flexibility index (Phi) is 5.19. The van der Waals surface area contributed by atoms with Gasteiger partial charge >= 0.3 is 0 Å². The van der Waals surface area contributed by atoms with Crippen molar-refractivity contribution >= 4 is 17.2 Å². The molecule has 1 atom stereocenters. The van der Waals surface area contributed by atoms with E-state index in [0.717, 1.165) is 16.7 Å². The second-order valence-electron chi connectivity index (χ2n) is 7.46. The van der Waals surface area contributed by atoms with Crippen molar-refractivity contribution in [3.63, 3.8) is 0 Å². The molecule has 1 aliphatic rings. The monoisotopic (exact) mass is 421 g/mol. The molecular weight excluding hydrogens is 402 g/mol. The van der Waals surface area contributed by atoms with Gasteiger partial charge in [0.2, 0.25) is 0 Å². The molecule has 4 heteroatoms. The normalized spacial score (nSPS) is 17.9. The van der Waals surface area contributed by atoms with Crippen LogP contribution in [-0.4, -0.2) is 15.0 Å². The fourth-order valence-electron chi connectivity index (χ4n) is 3.62. The van der Waals surface area contributed by atoms with E-state index in [4.69, 9.17) is 26.6 Å². The van der Waals surface area contributed by atoms with Crippen molar-refractivity contribution in [2.45, 2.75) is 11.3 Å². The summed E-state index contributed by atoms with van der Waals surface area (Å²) in [7, 11) is 0. The van der Waals surface area contributed by atoms with Gasteiger partial charge in [-0.15, -0.1) is 11.6 Å². The lowest BCUT2D eigenvalue weighted by Crippen LogP contribution is -2.22. The van der Waals surface area contributed by atoms with Gasteiger partial charge in [-0.3, -0.25) is 0 Å². The van der Waals surface area contributed by atoms with Crippen molar-refractivity contribution in [3.05, 3.63) is 121 Å². The number of alkyl halides is 1. The third-order valence-electron chi connectivity index (χ3n) is 5.32. The van der Waals surface area contributed by atoms with E-state index in [2.05, 4.69) is 24.3 Å². The van der Waals surface area contributed by atoms with Crippen LogP contribution in [0.4, 0.5) is 0 Å². The molecule has 0 unspecified atom stereocenters. The first-order valence-electron chi connectivity index (χ1n) is 10.2. The van der Waals surface area contributed by atoms with Crippen LogP contribution in [0.15, 0.2) is 109 Å². The van der Waals surface area contributed by atoms with Crippen LogP contribution in [0.25, 0.3) is 28.3 Å². The van der Waals surface area contributed by atoms with Crippen LogP contribution in [-0.2, 0) is 4.87 Å². The van der Waals surface area contributed by atoms with Crippen molar-refractivity contribution in [1.82, 2.24) is 15.0 Å². The van der Waals surface area contributed by atoms with E-state index >= 15 is 0 Å². The van der Waals surface area contributed by atoms with Gasteiger partial charge in [0, 0.05) is 11.1 Å². The number of aromatic nitrogens is 3. The molecule has 3 aromatic carbocycles. The number of hydrogen-bond acceptors (Lipinski definition) is 3. The Bertz CT molecular complexity index is 1190.